The molecule has 3 nitrogen and oxygen atoms in total. The van der Waals surface area contributed by atoms with Crippen LogP contribution in [0.25, 0.3) is 55.0 Å². The van der Waals surface area contributed by atoms with Gasteiger partial charge in [-0.1, -0.05) is 146 Å². The molecule has 0 fully saturated rings. The van der Waals surface area contributed by atoms with Gasteiger partial charge in [-0.05, 0) is 75.8 Å². The van der Waals surface area contributed by atoms with Crippen LogP contribution in [0.1, 0.15) is 22.3 Å². The van der Waals surface area contributed by atoms with E-state index in [1.807, 2.05) is 24.3 Å². The van der Waals surface area contributed by atoms with Crippen LogP contribution in [0.4, 0.5) is 17.1 Å². The van der Waals surface area contributed by atoms with Gasteiger partial charge in [-0.25, -0.2) is 0 Å². The summed E-state index contributed by atoms with van der Waals surface area (Å²) in [6, 6.07) is 67.4. The van der Waals surface area contributed by atoms with Crippen LogP contribution < -0.4 is 4.90 Å². The number of anilines is 3. The first-order valence-electron chi connectivity index (χ1n) is 17.8. The van der Waals surface area contributed by atoms with E-state index in [4.69, 9.17) is 8.83 Å². The summed E-state index contributed by atoms with van der Waals surface area (Å²) in [5, 5.41) is 4.16. The molecular weight excluding hydrogens is 635 g/mol. The third kappa shape index (κ3) is 3.96. The van der Waals surface area contributed by atoms with E-state index in [2.05, 4.69) is 169 Å². The van der Waals surface area contributed by atoms with Gasteiger partial charge >= 0.3 is 0 Å². The first kappa shape index (κ1) is 28.9. The number of fused-ring (bicyclic) bond motifs is 10. The highest BCUT2D eigenvalue weighted by atomic mass is 16.4. The zero-order valence-corrected chi connectivity index (χ0v) is 28.2. The Morgan fingerprint density at radius 3 is 1.58 bits per heavy atom. The summed E-state index contributed by atoms with van der Waals surface area (Å²) < 4.78 is 13.2. The lowest BCUT2D eigenvalue weighted by Crippen LogP contribution is -2.28. The highest BCUT2D eigenvalue weighted by Crippen LogP contribution is 2.56. The number of furan rings is 2. The van der Waals surface area contributed by atoms with Crippen molar-refractivity contribution < 1.29 is 8.83 Å². The van der Waals surface area contributed by atoms with E-state index < -0.39 is 5.41 Å². The monoisotopic (exact) mass is 665 g/mol. The molecule has 2 aromatic heterocycles. The van der Waals surface area contributed by atoms with E-state index in [1.54, 1.807) is 0 Å². The summed E-state index contributed by atoms with van der Waals surface area (Å²) in [6.07, 6.45) is 0. The number of benzene rings is 8. The van der Waals surface area contributed by atoms with Crippen molar-refractivity contribution in [3.8, 4) is 11.1 Å². The van der Waals surface area contributed by atoms with Crippen molar-refractivity contribution in [2.45, 2.75) is 5.41 Å². The van der Waals surface area contributed by atoms with Gasteiger partial charge in [0.25, 0.3) is 0 Å². The van der Waals surface area contributed by atoms with Crippen molar-refractivity contribution >= 4 is 60.9 Å². The smallest absolute Gasteiger partial charge is 0.180 e. The topological polar surface area (TPSA) is 29.5 Å². The van der Waals surface area contributed by atoms with Crippen LogP contribution in [-0.4, -0.2) is 0 Å². The fourth-order valence-electron chi connectivity index (χ4n) is 8.80. The zero-order valence-electron chi connectivity index (χ0n) is 28.2. The molecule has 0 spiro atoms. The molecule has 0 bridgehead atoms. The van der Waals surface area contributed by atoms with Crippen molar-refractivity contribution in [3.05, 3.63) is 210 Å². The Hall–Kier alpha value is -6.84. The number of rotatable bonds is 5. The molecule has 10 aromatic rings. The van der Waals surface area contributed by atoms with Crippen molar-refractivity contribution in [2.75, 3.05) is 4.90 Å². The van der Waals surface area contributed by atoms with Crippen LogP contribution in [-0.2, 0) is 5.41 Å². The Labute approximate surface area is 300 Å². The Bertz CT molecular complexity index is 2910. The first-order chi connectivity index (χ1) is 25.8. The van der Waals surface area contributed by atoms with E-state index in [0.717, 1.165) is 60.9 Å². The highest BCUT2D eigenvalue weighted by molar-refractivity contribution is 6.24. The quantitative estimate of drug-likeness (QED) is 0.183. The van der Waals surface area contributed by atoms with Gasteiger partial charge < -0.3 is 13.7 Å². The summed E-state index contributed by atoms with van der Waals surface area (Å²) in [6.45, 7) is 0. The molecule has 3 heteroatoms. The second-order valence-corrected chi connectivity index (χ2v) is 13.6. The lowest BCUT2D eigenvalue weighted by molar-refractivity contribution is 0.633. The molecule has 0 saturated heterocycles. The molecule has 1 aliphatic carbocycles. The second-order valence-electron chi connectivity index (χ2n) is 13.6. The highest BCUT2D eigenvalue weighted by Gasteiger charge is 2.45. The molecule has 11 rings (SSSR count). The lowest BCUT2D eigenvalue weighted by atomic mass is 9.68. The zero-order chi connectivity index (χ0) is 34.2. The van der Waals surface area contributed by atoms with Crippen LogP contribution in [0.2, 0.25) is 0 Å². The predicted molar refractivity (Wildman–Crippen MR) is 213 cm³/mol. The van der Waals surface area contributed by atoms with Crippen LogP contribution in [0.15, 0.2) is 197 Å². The minimum absolute atomic E-state index is 0.465. The van der Waals surface area contributed by atoms with Crippen LogP contribution >= 0.6 is 0 Å². The van der Waals surface area contributed by atoms with Gasteiger partial charge in [-0.15, -0.1) is 0 Å². The maximum atomic E-state index is 6.65. The van der Waals surface area contributed by atoms with Crippen LogP contribution in [0.5, 0.6) is 0 Å². The van der Waals surface area contributed by atoms with Gasteiger partial charge in [0.1, 0.15) is 11.2 Å². The Morgan fingerprint density at radius 2 is 0.885 bits per heavy atom. The fourth-order valence-corrected chi connectivity index (χ4v) is 8.80. The molecule has 244 valence electrons. The fraction of sp³-hybridized carbons (Fsp3) is 0.0204. The summed E-state index contributed by atoms with van der Waals surface area (Å²) in [7, 11) is 0. The maximum absolute atomic E-state index is 6.65. The molecule has 0 amide bonds. The number of hydrogen-bond donors (Lipinski definition) is 0. The van der Waals surface area contributed by atoms with Crippen LogP contribution in [0, 0.1) is 0 Å². The SMILES string of the molecule is c1ccc(N(c2ccc(C3(c4ccccc4)c4ccccc4-c4ccccc43)cc2)c2cc3c4ccccc4oc3c3oc4ccccc4c23)cc1. The lowest BCUT2D eigenvalue weighted by Gasteiger charge is -2.34. The average Bonchev–Trinajstić information content (AvgIpc) is 3.88. The van der Waals surface area contributed by atoms with E-state index in [9.17, 15) is 0 Å². The number of hydrogen-bond acceptors (Lipinski definition) is 3. The molecule has 0 aliphatic heterocycles. The standard InChI is InChI=1S/C49H31NO2/c1-3-15-32(16-4-1)49(41-23-11-7-19-36(41)37-20-8-12-24-42(37)49)33-27-29-35(30-28-33)50(34-17-5-2-6-18-34)43-31-40-38-21-9-13-25-44(38)51-47(40)48-46(43)39-22-10-14-26-45(39)52-48/h1-31H. The van der Waals surface area contributed by atoms with Gasteiger partial charge in [0, 0.05) is 27.5 Å². The average molecular weight is 666 g/mol. The number of para-hydroxylation sites is 3. The summed E-state index contributed by atoms with van der Waals surface area (Å²) in [4.78, 5) is 2.36. The van der Waals surface area contributed by atoms with E-state index in [-0.39, 0.29) is 0 Å². The second kappa shape index (κ2) is 11.1. The third-order valence-corrected chi connectivity index (χ3v) is 10.9. The number of nitrogens with zero attached hydrogens (tertiary/aromatic N) is 1. The van der Waals surface area contributed by atoms with Gasteiger partial charge in [-0.3, -0.25) is 0 Å². The predicted octanol–water partition coefficient (Wildman–Crippen LogP) is 13.3. The third-order valence-electron chi connectivity index (χ3n) is 10.9. The molecule has 0 saturated carbocycles. The van der Waals surface area contributed by atoms with E-state index in [1.165, 1.54) is 33.4 Å². The summed E-state index contributed by atoms with van der Waals surface area (Å²) in [5.74, 6) is 0. The summed E-state index contributed by atoms with van der Waals surface area (Å²) in [5.41, 5.74) is 13.5. The normalized spacial score (nSPS) is 13.2. The molecule has 2 heterocycles. The van der Waals surface area contributed by atoms with Crippen LogP contribution in [0.3, 0.4) is 0 Å². The first-order valence-corrected chi connectivity index (χ1v) is 17.8. The van der Waals surface area contributed by atoms with E-state index >= 15 is 0 Å². The Morgan fingerprint density at radius 1 is 0.385 bits per heavy atom. The molecule has 0 atom stereocenters. The largest absolute Gasteiger partial charge is 0.452 e. The molecule has 52 heavy (non-hydrogen) atoms. The van der Waals surface area contributed by atoms with Crippen molar-refractivity contribution in [1.82, 2.24) is 0 Å². The van der Waals surface area contributed by atoms with Gasteiger partial charge in [-0.2, -0.15) is 0 Å². The molecular formula is C49H31NO2. The van der Waals surface area contributed by atoms with Crippen molar-refractivity contribution in [3.63, 3.8) is 0 Å². The van der Waals surface area contributed by atoms with Crippen molar-refractivity contribution in [1.29, 1.82) is 0 Å². The Balaban J connectivity index is 1.19. The summed E-state index contributed by atoms with van der Waals surface area (Å²) >= 11 is 0. The molecule has 8 aromatic carbocycles. The van der Waals surface area contributed by atoms with Gasteiger partial charge in [0.15, 0.2) is 11.2 Å². The van der Waals surface area contributed by atoms with E-state index in [0.29, 0.717) is 0 Å². The maximum Gasteiger partial charge on any atom is 0.180 e. The molecule has 1 aliphatic rings. The van der Waals surface area contributed by atoms with Gasteiger partial charge in [0.05, 0.1) is 16.5 Å². The molecule has 0 N–H and O–H groups in total. The van der Waals surface area contributed by atoms with Crippen molar-refractivity contribution in [2.24, 2.45) is 0 Å². The minimum Gasteiger partial charge on any atom is -0.452 e. The minimum atomic E-state index is -0.465. The van der Waals surface area contributed by atoms with Gasteiger partial charge in [0.2, 0.25) is 0 Å². The molecule has 0 unspecified atom stereocenters. The Kier molecular flexibility index (Phi) is 6.17. The molecule has 0 radical (unpaired) electrons.